The number of methoxy groups -OCH3 is 1. The van der Waals surface area contributed by atoms with Crippen molar-refractivity contribution >= 4 is 34.5 Å². The van der Waals surface area contributed by atoms with Crippen molar-refractivity contribution in [3.8, 4) is 0 Å². The van der Waals surface area contributed by atoms with E-state index in [9.17, 15) is 9.59 Å². The maximum atomic E-state index is 11.6. The third-order valence-electron chi connectivity index (χ3n) is 1.97. The number of H-pyrrole nitrogens is 1. The molecule has 0 aliphatic carbocycles. The molecule has 1 amide bonds. The van der Waals surface area contributed by atoms with Gasteiger partial charge < -0.3 is 10.1 Å². The molecule has 1 atom stereocenters. The number of aromatic nitrogens is 2. The van der Waals surface area contributed by atoms with Gasteiger partial charge in [0.25, 0.3) is 5.91 Å². The molecule has 0 saturated heterocycles. The second kappa shape index (κ2) is 5.83. The number of aromatic amines is 1. The van der Waals surface area contributed by atoms with E-state index in [1.54, 1.807) is 6.92 Å². The quantitative estimate of drug-likeness (QED) is 0.474. The molecule has 0 aliphatic heterocycles. The highest BCUT2D eigenvalue weighted by Gasteiger charge is 2.17. The van der Waals surface area contributed by atoms with Crippen LogP contribution in [0.5, 0.6) is 0 Å². The van der Waals surface area contributed by atoms with Crippen LogP contribution >= 0.6 is 22.6 Å². The number of alkyl halides is 1. The van der Waals surface area contributed by atoms with E-state index in [-0.39, 0.29) is 18.4 Å². The van der Waals surface area contributed by atoms with Crippen molar-refractivity contribution in [3.63, 3.8) is 0 Å². The predicted octanol–water partition coefficient (Wildman–Crippen LogP) is 0.425. The molecule has 1 aromatic rings. The zero-order valence-corrected chi connectivity index (χ0v) is 11.1. The third kappa shape index (κ3) is 3.19. The van der Waals surface area contributed by atoms with E-state index >= 15 is 0 Å². The van der Waals surface area contributed by atoms with Crippen LogP contribution in [0.2, 0.25) is 0 Å². The second-order valence-electron chi connectivity index (χ2n) is 3.11. The Morgan fingerprint density at radius 3 is 2.88 bits per heavy atom. The number of halogens is 1. The number of esters is 1. The Kier molecular flexibility index (Phi) is 4.71. The first-order chi connectivity index (χ1) is 7.56. The van der Waals surface area contributed by atoms with Crippen molar-refractivity contribution < 1.29 is 14.3 Å². The van der Waals surface area contributed by atoms with Crippen LogP contribution in [0.3, 0.4) is 0 Å². The number of hydrogen-bond donors (Lipinski definition) is 2. The Balaban J connectivity index is 2.48. The van der Waals surface area contributed by atoms with Crippen molar-refractivity contribution in [1.29, 1.82) is 0 Å². The largest absolute Gasteiger partial charge is 0.468 e. The van der Waals surface area contributed by atoms with Gasteiger partial charge in [-0.1, -0.05) is 22.6 Å². The molecule has 7 heteroatoms. The van der Waals surface area contributed by atoms with Gasteiger partial charge in [-0.2, -0.15) is 5.10 Å². The number of amides is 1. The van der Waals surface area contributed by atoms with Gasteiger partial charge >= 0.3 is 5.97 Å². The minimum absolute atomic E-state index is 0.233. The molecule has 88 valence electrons. The van der Waals surface area contributed by atoms with Gasteiger partial charge in [0.05, 0.1) is 18.9 Å². The van der Waals surface area contributed by atoms with Crippen molar-refractivity contribution in [2.75, 3.05) is 13.7 Å². The average Bonchev–Trinajstić information content (AvgIpc) is 2.70. The lowest BCUT2D eigenvalue weighted by atomic mass is 10.2. The fraction of sp³-hybridized carbons (Fsp3) is 0.444. The van der Waals surface area contributed by atoms with Gasteiger partial charge in [-0.25, -0.2) is 0 Å². The van der Waals surface area contributed by atoms with E-state index in [2.05, 4.69) is 20.3 Å². The predicted molar refractivity (Wildman–Crippen MR) is 65.5 cm³/mol. The van der Waals surface area contributed by atoms with E-state index in [1.165, 1.54) is 13.3 Å². The van der Waals surface area contributed by atoms with Gasteiger partial charge in [-0.15, -0.1) is 0 Å². The Labute approximate surface area is 106 Å². The van der Waals surface area contributed by atoms with Gasteiger partial charge in [-0.05, 0) is 6.92 Å². The normalized spacial score (nSPS) is 11.9. The van der Waals surface area contributed by atoms with Crippen LogP contribution in [0.25, 0.3) is 0 Å². The summed E-state index contributed by atoms with van der Waals surface area (Å²) in [6.07, 6.45) is 1.45. The Bertz CT molecular complexity index is 391. The molecule has 0 saturated carbocycles. The minimum Gasteiger partial charge on any atom is -0.468 e. The zero-order chi connectivity index (χ0) is 12.1. The fourth-order valence-electron chi connectivity index (χ4n) is 1.07. The number of aryl methyl sites for hydroxylation is 1. The Hall–Kier alpha value is -1.12. The molecule has 1 heterocycles. The average molecular weight is 337 g/mol. The second-order valence-corrected chi connectivity index (χ2v) is 4.61. The molecular weight excluding hydrogens is 325 g/mol. The lowest BCUT2D eigenvalue weighted by molar-refractivity contribution is -0.139. The standard InChI is InChI=1S/C9H12IN3O3/c1-5-6(3-12-13-5)8(14)11-4-7(10)9(15)16-2/h3,7H,4H2,1-2H3,(H,11,14)(H,12,13). The third-order valence-corrected chi connectivity index (χ3v) is 2.92. The summed E-state index contributed by atoms with van der Waals surface area (Å²) in [7, 11) is 1.32. The monoisotopic (exact) mass is 337 g/mol. The molecule has 0 bridgehead atoms. The van der Waals surface area contributed by atoms with Crippen LogP contribution < -0.4 is 5.32 Å². The van der Waals surface area contributed by atoms with Crippen molar-refractivity contribution in [3.05, 3.63) is 17.5 Å². The number of nitrogens with zero attached hydrogens (tertiary/aromatic N) is 1. The van der Waals surface area contributed by atoms with Crippen molar-refractivity contribution in [2.24, 2.45) is 0 Å². The van der Waals surface area contributed by atoms with E-state index in [4.69, 9.17) is 0 Å². The topological polar surface area (TPSA) is 84.1 Å². The van der Waals surface area contributed by atoms with E-state index in [0.29, 0.717) is 11.3 Å². The molecule has 1 aromatic heterocycles. The molecule has 1 rings (SSSR count). The summed E-state index contributed by atoms with van der Waals surface area (Å²) < 4.78 is 4.15. The summed E-state index contributed by atoms with van der Waals surface area (Å²) in [5.74, 6) is -0.610. The molecule has 16 heavy (non-hydrogen) atoms. The Morgan fingerprint density at radius 2 is 2.38 bits per heavy atom. The molecule has 0 fully saturated rings. The molecule has 0 spiro atoms. The number of ether oxygens (including phenoxy) is 1. The fourth-order valence-corrected chi connectivity index (χ4v) is 1.54. The summed E-state index contributed by atoms with van der Waals surface area (Å²) in [6.45, 7) is 1.99. The van der Waals surface area contributed by atoms with E-state index in [1.807, 2.05) is 22.6 Å². The molecule has 1 unspecified atom stereocenters. The number of rotatable bonds is 4. The smallest absolute Gasteiger partial charge is 0.320 e. The van der Waals surface area contributed by atoms with E-state index in [0.717, 1.165) is 0 Å². The number of carbonyl (C=O) groups excluding carboxylic acids is 2. The number of hydrogen-bond acceptors (Lipinski definition) is 4. The van der Waals surface area contributed by atoms with Crippen LogP contribution in [0, 0.1) is 6.92 Å². The van der Waals surface area contributed by atoms with Gasteiger partial charge in [0.1, 0.15) is 3.92 Å². The highest BCUT2D eigenvalue weighted by Crippen LogP contribution is 2.04. The highest BCUT2D eigenvalue weighted by molar-refractivity contribution is 14.1. The molecule has 2 N–H and O–H groups in total. The molecule has 0 aliphatic rings. The lowest BCUT2D eigenvalue weighted by Gasteiger charge is -2.08. The maximum Gasteiger partial charge on any atom is 0.320 e. The van der Waals surface area contributed by atoms with Crippen LogP contribution in [-0.4, -0.2) is 39.7 Å². The van der Waals surface area contributed by atoms with Crippen LogP contribution in [0.15, 0.2) is 6.20 Å². The maximum absolute atomic E-state index is 11.6. The van der Waals surface area contributed by atoms with Crippen LogP contribution in [0.4, 0.5) is 0 Å². The summed E-state index contributed by atoms with van der Waals surface area (Å²) in [6, 6.07) is 0. The first-order valence-corrected chi connectivity index (χ1v) is 5.81. The molecule has 0 aromatic carbocycles. The Morgan fingerprint density at radius 1 is 1.69 bits per heavy atom. The molecular formula is C9H12IN3O3. The van der Waals surface area contributed by atoms with Crippen LogP contribution in [0.1, 0.15) is 16.1 Å². The van der Waals surface area contributed by atoms with Gasteiger partial charge in [0.2, 0.25) is 0 Å². The van der Waals surface area contributed by atoms with Crippen LogP contribution in [-0.2, 0) is 9.53 Å². The first-order valence-electron chi connectivity index (χ1n) is 4.56. The number of nitrogens with one attached hydrogen (secondary N) is 2. The number of carbonyl (C=O) groups is 2. The van der Waals surface area contributed by atoms with Crippen molar-refractivity contribution in [2.45, 2.75) is 10.8 Å². The minimum atomic E-state index is -0.390. The SMILES string of the molecule is COC(=O)C(I)CNC(=O)c1cn[nH]c1C. The first kappa shape index (κ1) is 12.9. The lowest BCUT2D eigenvalue weighted by Crippen LogP contribution is -2.33. The summed E-state index contributed by atoms with van der Waals surface area (Å²) in [4.78, 5) is 22.7. The summed E-state index contributed by atoms with van der Waals surface area (Å²) >= 11 is 1.91. The van der Waals surface area contributed by atoms with Gasteiger partial charge in [-0.3, -0.25) is 14.7 Å². The van der Waals surface area contributed by atoms with Crippen molar-refractivity contribution in [1.82, 2.24) is 15.5 Å². The molecule has 0 radical (unpaired) electrons. The highest BCUT2D eigenvalue weighted by atomic mass is 127. The molecule has 6 nitrogen and oxygen atoms in total. The van der Waals surface area contributed by atoms with E-state index < -0.39 is 3.92 Å². The zero-order valence-electron chi connectivity index (χ0n) is 8.91. The summed E-state index contributed by atoms with van der Waals surface area (Å²) in [5, 5.41) is 9.04. The van der Waals surface area contributed by atoms with Gasteiger partial charge in [0, 0.05) is 12.2 Å². The summed E-state index contributed by atoms with van der Waals surface area (Å²) in [5.41, 5.74) is 1.18. The van der Waals surface area contributed by atoms with Gasteiger partial charge in [0.15, 0.2) is 0 Å².